The molecule has 0 saturated carbocycles. The van der Waals surface area contributed by atoms with Crippen molar-refractivity contribution in [1.82, 2.24) is 10.2 Å². The Labute approximate surface area is 142 Å². The molecule has 0 unspecified atom stereocenters. The predicted octanol–water partition coefficient (Wildman–Crippen LogP) is 3.19. The third kappa shape index (κ3) is 4.66. The molecule has 0 radical (unpaired) electrons. The summed E-state index contributed by atoms with van der Waals surface area (Å²) in [6.45, 7) is 3.94. The van der Waals surface area contributed by atoms with E-state index in [1.807, 2.05) is 13.8 Å². The first-order valence-corrected chi connectivity index (χ1v) is 8.61. The number of hydrogen-bond donors (Lipinski definition) is 1. The fraction of sp³-hybridized carbons (Fsp3) is 0.500. The molecule has 132 valence electrons. The first-order chi connectivity index (χ1) is 11.2. The van der Waals surface area contributed by atoms with Gasteiger partial charge in [-0.3, -0.25) is 9.59 Å². The minimum atomic E-state index is -4.38. The van der Waals surface area contributed by atoms with E-state index < -0.39 is 11.7 Å². The van der Waals surface area contributed by atoms with Crippen LogP contribution in [0.15, 0.2) is 24.3 Å². The highest BCUT2D eigenvalue weighted by molar-refractivity contribution is 8.00. The molecule has 4 nitrogen and oxygen atoms in total. The van der Waals surface area contributed by atoms with Gasteiger partial charge in [-0.05, 0) is 31.5 Å². The molecule has 1 aliphatic heterocycles. The van der Waals surface area contributed by atoms with Crippen LogP contribution in [-0.2, 0) is 15.8 Å². The number of benzene rings is 1. The largest absolute Gasteiger partial charge is 0.416 e. The summed E-state index contributed by atoms with van der Waals surface area (Å²) >= 11 is 1.35. The van der Waals surface area contributed by atoms with Gasteiger partial charge in [0.2, 0.25) is 11.8 Å². The average Bonchev–Trinajstić information content (AvgIpc) is 2.84. The molecule has 1 atom stereocenters. The molecule has 1 N–H and O–H groups in total. The quantitative estimate of drug-likeness (QED) is 0.877. The average molecular weight is 360 g/mol. The molecule has 1 aromatic carbocycles. The Kier molecular flexibility index (Phi) is 5.79. The summed E-state index contributed by atoms with van der Waals surface area (Å²) in [5.74, 6) is 0.000392. The smallest absolute Gasteiger partial charge is 0.354 e. The van der Waals surface area contributed by atoms with Gasteiger partial charge in [0.15, 0.2) is 0 Å². The lowest BCUT2D eigenvalue weighted by molar-refractivity contribution is -0.137. The molecule has 8 heteroatoms. The number of alkyl halides is 3. The zero-order chi connectivity index (χ0) is 17.9. The van der Waals surface area contributed by atoms with E-state index in [-0.39, 0.29) is 41.9 Å². The fourth-order valence-corrected chi connectivity index (χ4v) is 3.64. The van der Waals surface area contributed by atoms with Crippen LogP contribution < -0.4 is 5.32 Å². The maximum absolute atomic E-state index is 12.6. The lowest BCUT2D eigenvalue weighted by Gasteiger charge is -2.24. The Bertz CT molecular complexity index is 602. The summed E-state index contributed by atoms with van der Waals surface area (Å²) in [4.78, 5) is 25.3. The molecule has 2 amide bonds. The first-order valence-electron chi connectivity index (χ1n) is 7.56. The standard InChI is InChI=1S/C16H19F3N2O2S/c1-10(2)20-13(22)7-8-21-14(23)9-24-15(21)11-3-5-12(6-4-11)16(17,18)19/h3-6,10,15H,7-9H2,1-2H3,(H,20,22)/t15-/m1/s1. The minimum Gasteiger partial charge on any atom is -0.354 e. The molecular formula is C16H19F3N2O2S. The normalized spacial score (nSPS) is 18.3. The van der Waals surface area contributed by atoms with Crippen LogP contribution in [0.4, 0.5) is 13.2 Å². The molecule has 1 aromatic rings. The number of hydrogen-bond acceptors (Lipinski definition) is 3. The van der Waals surface area contributed by atoms with Gasteiger partial charge in [-0.25, -0.2) is 0 Å². The van der Waals surface area contributed by atoms with Crippen LogP contribution in [0.3, 0.4) is 0 Å². The van der Waals surface area contributed by atoms with E-state index in [1.165, 1.54) is 23.9 Å². The molecule has 0 aliphatic carbocycles. The van der Waals surface area contributed by atoms with Crippen LogP contribution in [-0.4, -0.2) is 35.1 Å². The van der Waals surface area contributed by atoms with Crippen LogP contribution in [0.25, 0.3) is 0 Å². The SMILES string of the molecule is CC(C)NC(=O)CCN1C(=O)CS[C@@H]1c1ccc(C(F)(F)F)cc1. The Hall–Kier alpha value is -1.70. The summed E-state index contributed by atoms with van der Waals surface area (Å²) < 4.78 is 37.9. The third-order valence-electron chi connectivity index (χ3n) is 3.52. The van der Waals surface area contributed by atoms with Gasteiger partial charge in [-0.2, -0.15) is 13.2 Å². The van der Waals surface area contributed by atoms with E-state index in [0.717, 1.165) is 12.1 Å². The van der Waals surface area contributed by atoms with Crippen molar-refractivity contribution in [3.05, 3.63) is 35.4 Å². The molecule has 1 heterocycles. The second-order valence-corrected chi connectivity index (χ2v) is 6.91. The molecule has 1 aliphatic rings. The summed E-state index contributed by atoms with van der Waals surface area (Å²) in [7, 11) is 0. The number of nitrogens with one attached hydrogen (secondary N) is 1. The summed E-state index contributed by atoms with van der Waals surface area (Å²) in [6.07, 6.45) is -4.21. The molecule has 0 bridgehead atoms. The van der Waals surface area contributed by atoms with E-state index in [1.54, 1.807) is 4.90 Å². The van der Waals surface area contributed by atoms with Crippen LogP contribution in [0.2, 0.25) is 0 Å². The van der Waals surface area contributed by atoms with Gasteiger partial charge < -0.3 is 10.2 Å². The lowest BCUT2D eigenvalue weighted by atomic mass is 10.1. The maximum atomic E-state index is 12.6. The van der Waals surface area contributed by atoms with Crippen molar-refractivity contribution in [2.45, 2.75) is 37.9 Å². The highest BCUT2D eigenvalue weighted by Crippen LogP contribution is 2.39. The number of rotatable bonds is 5. The van der Waals surface area contributed by atoms with Crippen molar-refractivity contribution < 1.29 is 22.8 Å². The number of thioether (sulfide) groups is 1. The first kappa shape index (κ1) is 18.6. The van der Waals surface area contributed by atoms with Gasteiger partial charge in [-0.15, -0.1) is 11.8 Å². The van der Waals surface area contributed by atoms with Crippen molar-refractivity contribution in [3.8, 4) is 0 Å². The number of carbonyl (C=O) groups is 2. The number of amides is 2. The molecule has 2 rings (SSSR count). The molecule has 0 spiro atoms. The highest BCUT2D eigenvalue weighted by Gasteiger charge is 2.34. The second-order valence-electron chi connectivity index (χ2n) is 5.84. The van der Waals surface area contributed by atoms with Gasteiger partial charge in [0, 0.05) is 19.0 Å². The predicted molar refractivity (Wildman–Crippen MR) is 86.3 cm³/mol. The summed E-state index contributed by atoms with van der Waals surface area (Å²) in [6, 6.07) is 4.83. The zero-order valence-corrected chi connectivity index (χ0v) is 14.2. The Balaban J connectivity index is 2.05. The monoisotopic (exact) mass is 360 g/mol. The number of carbonyl (C=O) groups excluding carboxylic acids is 2. The zero-order valence-electron chi connectivity index (χ0n) is 13.4. The topological polar surface area (TPSA) is 49.4 Å². The van der Waals surface area contributed by atoms with Gasteiger partial charge in [0.1, 0.15) is 5.37 Å². The van der Waals surface area contributed by atoms with Crippen LogP contribution in [0, 0.1) is 0 Å². The van der Waals surface area contributed by atoms with Gasteiger partial charge in [0.25, 0.3) is 0 Å². The van der Waals surface area contributed by atoms with Gasteiger partial charge in [-0.1, -0.05) is 12.1 Å². The van der Waals surface area contributed by atoms with Crippen LogP contribution >= 0.6 is 11.8 Å². The van der Waals surface area contributed by atoms with Crippen LogP contribution in [0.1, 0.15) is 36.8 Å². The Morgan fingerprint density at radius 1 is 1.33 bits per heavy atom. The van der Waals surface area contributed by atoms with E-state index in [9.17, 15) is 22.8 Å². The van der Waals surface area contributed by atoms with Crippen molar-refractivity contribution >= 4 is 23.6 Å². The van der Waals surface area contributed by atoms with E-state index in [4.69, 9.17) is 0 Å². The molecule has 0 aromatic heterocycles. The molecule has 1 fully saturated rings. The van der Waals surface area contributed by atoms with Gasteiger partial charge >= 0.3 is 6.18 Å². The van der Waals surface area contributed by atoms with Crippen molar-refractivity contribution in [2.75, 3.05) is 12.3 Å². The Morgan fingerprint density at radius 2 is 1.96 bits per heavy atom. The molecule has 24 heavy (non-hydrogen) atoms. The molecular weight excluding hydrogens is 341 g/mol. The Morgan fingerprint density at radius 3 is 2.50 bits per heavy atom. The van der Waals surface area contributed by atoms with Crippen LogP contribution in [0.5, 0.6) is 0 Å². The van der Waals surface area contributed by atoms with E-state index in [2.05, 4.69) is 5.32 Å². The minimum absolute atomic E-state index is 0.0202. The van der Waals surface area contributed by atoms with E-state index >= 15 is 0 Å². The van der Waals surface area contributed by atoms with Crippen molar-refractivity contribution in [2.24, 2.45) is 0 Å². The van der Waals surface area contributed by atoms with Crippen molar-refractivity contribution in [1.29, 1.82) is 0 Å². The fourth-order valence-electron chi connectivity index (χ4n) is 2.42. The second kappa shape index (κ2) is 7.46. The van der Waals surface area contributed by atoms with Gasteiger partial charge in [0.05, 0.1) is 11.3 Å². The summed E-state index contributed by atoms with van der Waals surface area (Å²) in [5, 5.41) is 2.40. The number of halogens is 3. The number of nitrogens with zero attached hydrogens (tertiary/aromatic N) is 1. The lowest BCUT2D eigenvalue weighted by Crippen LogP contribution is -2.35. The van der Waals surface area contributed by atoms with E-state index in [0.29, 0.717) is 5.56 Å². The maximum Gasteiger partial charge on any atom is 0.416 e. The molecule has 1 saturated heterocycles. The highest BCUT2D eigenvalue weighted by atomic mass is 32.2. The summed E-state index contributed by atoms with van der Waals surface area (Å²) in [5.41, 5.74) is -0.0912. The van der Waals surface area contributed by atoms with Crippen molar-refractivity contribution in [3.63, 3.8) is 0 Å². The third-order valence-corrected chi connectivity index (χ3v) is 4.78.